The lowest BCUT2D eigenvalue weighted by Crippen LogP contribution is -2.37. The van der Waals surface area contributed by atoms with E-state index in [2.05, 4.69) is 11.9 Å². The second-order valence-corrected chi connectivity index (χ2v) is 5.13. The van der Waals surface area contributed by atoms with Gasteiger partial charge in [0.1, 0.15) is 5.60 Å². The highest BCUT2D eigenvalue weighted by molar-refractivity contribution is 5.65. The van der Waals surface area contributed by atoms with Crippen molar-refractivity contribution in [3.8, 4) is 0 Å². The zero-order valence-corrected chi connectivity index (χ0v) is 9.95. The molecule has 4 heteroatoms. The summed E-state index contributed by atoms with van der Waals surface area (Å²) in [6, 6.07) is 0. The van der Waals surface area contributed by atoms with Crippen molar-refractivity contribution in [3.05, 3.63) is 0 Å². The molecule has 0 aliphatic carbocycles. The number of ether oxygens (including phenoxy) is 1. The zero-order valence-electron chi connectivity index (χ0n) is 9.95. The minimum Gasteiger partial charge on any atom is -0.444 e. The molecule has 1 aliphatic rings. The van der Waals surface area contributed by atoms with Crippen molar-refractivity contribution in [2.75, 3.05) is 20.1 Å². The lowest BCUT2D eigenvalue weighted by Gasteiger charge is -2.34. The Morgan fingerprint density at radius 3 is 2.47 bits per heavy atom. The minimum atomic E-state index is -0.673. The van der Waals surface area contributed by atoms with Gasteiger partial charge in [-0.15, -0.1) is 0 Å². The zero-order chi connectivity index (χ0) is 11.5. The van der Waals surface area contributed by atoms with E-state index in [1.54, 1.807) is 0 Å². The predicted octanol–water partition coefficient (Wildman–Crippen LogP) is 1.59. The topological polar surface area (TPSA) is 55.6 Å². The molecule has 1 heterocycles. The average Bonchev–Trinajstić information content (AvgIpc) is 2.06. The van der Waals surface area contributed by atoms with Gasteiger partial charge in [-0.3, -0.25) is 0 Å². The molecule has 1 rings (SSSR count). The fourth-order valence-corrected chi connectivity index (χ4v) is 2.28. The van der Waals surface area contributed by atoms with Crippen molar-refractivity contribution in [3.63, 3.8) is 0 Å². The Labute approximate surface area is 91.8 Å². The van der Waals surface area contributed by atoms with Crippen LogP contribution in [0.15, 0.2) is 0 Å². The fourth-order valence-electron chi connectivity index (χ4n) is 2.28. The lowest BCUT2D eigenvalue weighted by atomic mass is 9.86. The number of hydrogen-bond donors (Lipinski definition) is 1. The molecule has 15 heavy (non-hydrogen) atoms. The van der Waals surface area contributed by atoms with Crippen LogP contribution in [0.5, 0.6) is 0 Å². The van der Waals surface area contributed by atoms with Crippen molar-refractivity contribution in [2.45, 2.75) is 38.7 Å². The molecule has 4 nitrogen and oxygen atoms in total. The second-order valence-electron chi connectivity index (χ2n) is 5.13. The third-order valence-electron chi connectivity index (χ3n) is 3.00. The van der Waals surface area contributed by atoms with Gasteiger partial charge in [-0.05, 0) is 59.2 Å². The Kier molecular flexibility index (Phi) is 3.97. The van der Waals surface area contributed by atoms with Crippen LogP contribution < -0.4 is 5.73 Å². The van der Waals surface area contributed by atoms with E-state index in [-0.39, 0.29) is 0 Å². The van der Waals surface area contributed by atoms with Crippen LogP contribution in [0.1, 0.15) is 33.1 Å². The molecule has 0 spiro atoms. The number of likely N-dealkylation sites (tertiary alicyclic amines) is 1. The van der Waals surface area contributed by atoms with E-state index in [1.807, 2.05) is 13.8 Å². The molecule has 88 valence electrons. The van der Waals surface area contributed by atoms with Gasteiger partial charge in [0, 0.05) is 0 Å². The summed E-state index contributed by atoms with van der Waals surface area (Å²) in [6.07, 6.45) is 2.60. The molecule has 0 saturated carbocycles. The molecule has 0 aromatic heterocycles. The Balaban J connectivity index is 2.36. The van der Waals surface area contributed by atoms with Crippen LogP contribution in [0.4, 0.5) is 4.79 Å². The van der Waals surface area contributed by atoms with Crippen LogP contribution in [-0.4, -0.2) is 36.7 Å². The largest absolute Gasteiger partial charge is 0.444 e. The van der Waals surface area contributed by atoms with Gasteiger partial charge in [-0.1, -0.05) is 0 Å². The smallest absolute Gasteiger partial charge is 0.405 e. The Morgan fingerprint density at radius 2 is 2.00 bits per heavy atom. The normalized spacial score (nSPS) is 20.2. The maximum atomic E-state index is 10.7. The van der Waals surface area contributed by atoms with Gasteiger partial charge >= 0.3 is 6.09 Å². The highest BCUT2D eigenvalue weighted by atomic mass is 16.6. The number of piperidine rings is 1. The summed E-state index contributed by atoms with van der Waals surface area (Å²) >= 11 is 0. The van der Waals surface area contributed by atoms with E-state index >= 15 is 0 Å². The Hall–Kier alpha value is -0.770. The van der Waals surface area contributed by atoms with Crippen LogP contribution in [0.2, 0.25) is 0 Å². The van der Waals surface area contributed by atoms with Crippen LogP contribution in [0, 0.1) is 5.92 Å². The molecular formula is C11H22N2O2. The average molecular weight is 214 g/mol. The summed E-state index contributed by atoms with van der Waals surface area (Å²) in [5.41, 5.74) is 4.61. The molecule has 2 N–H and O–H groups in total. The van der Waals surface area contributed by atoms with E-state index < -0.39 is 11.7 Å². The molecule has 1 amide bonds. The van der Waals surface area contributed by atoms with Crippen LogP contribution in [-0.2, 0) is 4.74 Å². The summed E-state index contributed by atoms with van der Waals surface area (Å²) in [5, 5.41) is 0. The second kappa shape index (κ2) is 4.84. The maximum absolute atomic E-state index is 10.7. The highest BCUT2D eigenvalue weighted by Gasteiger charge is 2.28. The first-order valence-corrected chi connectivity index (χ1v) is 5.56. The van der Waals surface area contributed by atoms with Gasteiger partial charge in [-0.25, -0.2) is 4.79 Å². The third-order valence-corrected chi connectivity index (χ3v) is 3.00. The maximum Gasteiger partial charge on any atom is 0.405 e. The monoisotopic (exact) mass is 214 g/mol. The number of nitrogens with two attached hydrogens (primary N) is 1. The standard InChI is InChI=1S/C11H22N2O2/c1-11(2,15-10(12)14)8-9-4-6-13(3)7-5-9/h9H,4-8H2,1-3H3,(H2,12,14). The van der Waals surface area contributed by atoms with Gasteiger partial charge < -0.3 is 15.4 Å². The van der Waals surface area contributed by atoms with Crippen molar-refractivity contribution < 1.29 is 9.53 Å². The number of amides is 1. The van der Waals surface area contributed by atoms with Crippen LogP contribution >= 0.6 is 0 Å². The number of rotatable bonds is 3. The molecule has 1 aliphatic heterocycles. The summed E-state index contributed by atoms with van der Waals surface area (Å²) in [5.74, 6) is 0.649. The summed E-state index contributed by atoms with van der Waals surface area (Å²) in [7, 11) is 2.14. The van der Waals surface area contributed by atoms with Gasteiger partial charge in [0.25, 0.3) is 0 Å². The highest BCUT2D eigenvalue weighted by Crippen LogP contribution is 2.27. The Morgan fingerprint density at radius 1 is 1.47 bits per heavy atom. The quantitative estimate of drug-likeness (QED) is 0.776. The molecule has 0 radical (unpaired) electrons. The van der Waals surface area contributed by atoms with Gasteiger partial charge in [0.2, 0.25) is 0 Å². The van der Waals surface area contributed by atoms with Gasteiger partial charge in [0.15, 0.2) is 0 Å². The van der Waals surface area contributed by atoms with E-state index in [4.69, 9.17) is 10.5 Å². The molecule has 1 fully saturated rings. The predicted molar refractivity (Wildman–Crippen MR) is 59.6 cm³/mol. The van der Waals surface area contributed by atoms with E-state index in [0.29, 0.717) is 5.92 Å². The van der Waals surface area contributed by atoms with Crippen molar-refractivity contribution in [1.82, 2.24) is 4.90 Å². The van der Waals surface area contributed by atoms with E-state index in [9.17, 15) is 4.79 Å². The number of carbonyl (C=O) groups is 1. The summed E-state index contributed by atoms with van der Waals surface area (Å²) in [6.45, 7) is 6.13. The molecule has 0 bridgehead atoms. The minimum absolute atomic E-state index is 0.424. The molecule has 0 aromatic rings. The van der Waals surface area contributed by atoms with Gasteiger partial charge in [0.05, 0.1) is 0 Å². The van der Waals surface area contributed by atoms with Crippen molar-refractivity contribution in [1.29, 1.82) is 0 Å². The van der Waals surface area contributed by atoms with Crippen molar-refractivity contribution >= 4 is 6.09 Å². The number of hydrogen-bond acceptors (Lipinski definition) is 3. The first-order valence-electron chi connectivity index (χ1n) is 5.56. The van der Waals surface area contributed by atoms with Crippen LogP contribution in [0.25, 0.3) is 0 Å². The molecule has 0 atom stereocenters. The van der Waals surface area contributed by atoms with Crippen LogP contribution in [0.3, 0.4) is 0 Å². The number of primary amides is 1. The van der Waals surface area contributed by atoms with Crippen molar-refractivity contribution in [2.24, 2.45) is 11.7 Å². The molecule has 0 aromatic carbocycles. The van der Waals surface area contributed by atoms with E-state index in [0.717, 1.165) is 19.5 Å². The lowest BCUT2D eigenvalue weighted by molar-refractivity contribution is 0.0184. The molecule has 1 saturated heterocycles. The molecule has 0 unspecified atom stereocenters. The molecular weight excluding hydrogens is 192 g/mol. The summed E-state index contributed by atoms with van der Waals surface area (Å²) < 4.78 is 5.09. The SMILES string of the molecule is CN1CCC(CC(C)(C)OC(N)=O)CC1. The third kappa shape index (κ3) is 4.51. The fraction of sp³-hybridized carbons (Fsp3) is 0.909. The van der Waals surface area contributed by atoms with E-state index in [1.165, 1.54) is 12.8 Å². The summed E-state index contributed by atoms with van der Waals surface area (Å²) in [4.78, 5) is 13.0. The first-order chi connectivity index (χ1) is 6.89. The first kappa shape index (κ1) is 12.3. The Bertz CT molecular complexity index is 221. The van der Waals surface area contributed by atoms with Gasteiger partial charge in [-0.2, -0.15) is 0 Å². The number of carbonyl (C=O) groups excluding carboxylic acids is 1. The number of nitrogens with zero attached hydrogens (tertiary/aromatic N) is 1.